The molecule has 1 aliphatic rings. The van der Waals surface area contributed by atoms with Gasteiger partial charge in [-0.2, -0.15) is 0 Å². The first-order valence-electron chi connectivity index (χ1n) is 6.68. The maximum absolute atomic E-state index is 11.7. The fraction of sp³-hybridized carbons (Fsp3) is 0.467. The van der Waals surface area contributed by atoms with E-state index >= 15 is 0 Å². The van der Waals surface area contributed by atoms with Crippen LogP contribution in [0.1, 0.15) is 31.1 Å². The summed E-state index contributed by atoms with van der Waals surface area (Å²) < 4.78 is 0. The SMILES string of the molecule is CCN(CC(C)(C)O)c1ccc2c(c1)N(C)C(=O)C2=O. The molecular weight excluding hydrogens is 256 g/mol. The Bertz CT molecular complexity index is 561. The second kappa shape index (κ2) is 4.90. The predicted octanol–water partition coefficient (Wildman–Crippen LogP) is 1.44. The number of carbonyl (C=O) groups is 2. The highest BCUT2D eigenvalue weighted by Gasteiger charge is 2.33. The Morgan fingerprint density at radius 1 is 1.30 bits per heavy atom. The molecule has 0 saturated carbocycles. The molecule has 0 aromatic heterocycles. The van der Waals surface area contributed by atoms with E-state index in [9.17, 15) is 14.7 Å². The highest BCUT2D eigenvalue weighted by Crippen LogP contribution is 2.32. The molecular formula is C15H20N2O3. The van der Waals surface area contributed by atoms with Gasteiger partial charge < -0.3 is 14.9 Å². The van der Waals surface area contributed by atoms with Gasteiger partial charge in [-0.1, -0.05) is 0 Å². The molecule has 1 amide bonds. The molecule has 20 heavy (non-hydrogen) atoms. The number of nitrogens with zero attached hydrogens (tertiary/aromatic N) is 2. The van der Waals surface area contributed by atoms with Crippen LogP contribution in [0.2, 0.25) is 0 Å². The molecule has 0 atom stereocenters. The van der Waals surface area contributed by atoms with Crippen LogP contribution in [0.4, 0.5) is 11.4 Å². The molecule has 0 saturated heterocycles. The summed E-state index contributed by atoms with van der Waals surface area (Å²) in [4.78, 5) is 26.8. The number of amides is 1. The molecule has 5 heteroatoms. The van der Waals surface area contributed by atoms with E-state index < -0.39 is 17.3 Å². The van der Waals surface area contributed by atoms with E-state index in [1.165, 1.54) is 4.90 Å². The molecule has 0 bridgehead atoms. The summed E-state index contributed by atoms with van der Waals surface area (Å²) in [5.41, 5.74) is 1.15. The number of fused-ring (bicyclic) bond motifs is 1. The number of hydrogen-bond donors (Lipinski definition) is 1. The van der Waals surface area contributed by atoms with Crippen molar-refractivity contribution >= 4 is 23.1 Å². The summed E-state index contributed by atoms with van der Waals surface area (Å²) in [6, 6.07) is 5.33. The first-order chi connectivity index (χ1) is 9.24. The number of aliphatic hydroxyl groups is 1. The highest BCUT2D eigenvalue weighted by molar-refractivity contribution is 6.52. The van der Waals surface area contributed by atoms with E-state index in [1.54, 1.807) is 27.0 Å². The average molecular weight is 276 g/mol. The van der Waals surface area contributed by atoms with E-state index in [0.29, 0.717) is 17.8 Å². The van der Waals surface area contributed by atoms with Gasteiger partial charge in [-0.25, -0.2) is 0 Å². The Balaban J connectivity index is 2.37. The van der Waals surface area contributed by atoms with Crippen LogP contribution in [0.25, 0.3) is 0 Å². The average Bonchev–Trinajstić information content (AvgIpc) is 2.60. The van der Waals surface area contributed by atoms with Crippen LogP contribution in [0.3, 0.4) is 0 Å². The van der Waals surface area contributed by atoms with Gasteiger partial charge in [0, 0.05) is 25.8 Å². The molecule has 1 aliphatic heterocycles. The van der Waals surface area contributed by atoms with Crippen molar-refractivity contribution in [3.63, 3.8) is 0 Å². The molecule has 1 aromatic rings. The summed E-state index contributed by atoms with van der Waals surface area (Å²) in [5, 5.41) is 9.95. The molecule has 0 aliphatic carbocycles. The smallest absolute Gasteiger partial charge is 0.299 e. The lowest BCUT2D eigenvalue weighted by Gasteiger charge is -2.30. The Morgan fingerprint density at radius 2 is 1.95 bits per heavy atom. The summed E-state index contributed by atoms with van der Waals surface area (Å²) >= 11 is 0. The largest absolute Gasteiger partial charge is 0.389 e. The van der Waals surface area contributed by atoms with Crippen molar-refractivity contribution in [1.82, 2.24) is 0 Å². The third-order valence-corrected chi connectivity index (χ3v) is 3.41. The van der Waals surface area contributed by atoms with Gasteiger partial charge in [0.15, 0.2) is 0 Å². The zero-order valence-corrected chi connectivity index (χ0v) is 12.3. The number of likely N-dealkylation sites (N-methyl/N-ethyl adjacent to an activating group) is 2. The van der Waals surface area contributed by atoms with Gasteiger partial charge in [0.05, 0.1) is 16.9 Å². The highest BCUT2D eigenvalue weighted by atomic mass is 16.3. The summed E-state index contributed by atoms with van der Waals surface area (Å²) in [6.07, 6.45) is 0. The minimum atomic E-state index is -0.813. The maximum atomic E-state index is 11.7. The van der Waals surface area contributed by atoms with Crippen molar-refractivity contribution in [2.45, 2.75) is 26.4 Å². The van der Waals surface area contributed by atoms with Gasteiger partial charge in [0.2, 0.25) is 0 Å². The van der Waals surface area contributed by atoms with E-state index in [1.807, 2.05) is 24.0 Å². The molecule has 0 spiro atoms. The third kappa shape index (κ3) is 2.54. The van der Waals surface area contributed by atoms with Crippen LogP contribution in [-0.2, 0) is 4.79 Å². The molecule has 2 rings (SSSR count). The summed E-state index contributed by atoms with van der Waals surface area (Å²) in [5.74, 6) is -0.956. The van der Waals surface area contributed by atoms with Crippen LogP contribution in [0, 0.1) is 0 Å². The van der Waals surface area contributed by atoms with Gasteiger partial charge in [-0.15, -0.1) is 0 Å². The number of Topliss-reactive ketones (excluding diaryl/α,β-unsaturated/α-hetero) is 1. The van der Waals surface area contributed by atoms with Crippen molar-refractivity contribution in [2.24, 2.45) is 0 Å². The van der Waals surface area contributed by atoms with Gasteiger partial charge in [-0.05, 0) is 39.0 Å². The number of anilines is 2. The monoisotopic (exact) mass is 276 g/mol. The molecule has 0 fully saturated rings. The normalized spacial score (nSPS) is 14.8. The first-order valence-corrected chi connectivity index (χ1v) is 6.68. The number of ketones is 1. The molecule has 5 nitrogen and oxygen atoms in total. The van der Waals surface area contributed by atoms with E-state index in [-0.39, 0.29) is 0 Å². The summed E-state index contributed by atoms with van der Waals surface area (Å²) in [7, 11) is 1.60. The van der Waals surface area contributed by atoms with Gasteiger partial charge >= 0.3 is 0 Å². The Morgan fingerprint density at radius 3 is 2.50 bits per heavy atom. The van der Waals surface area contributed by atoms with Crippen molar-refractivity contribution in [1.29, 1.82) is 0 Å². The molecule has 0 unspecified atom stereocenters. The Labute approximate surface area is 118 Å². The lowest BCUT2D eigenvalue weighted by atomic mass is 10.1. The number of carbonyl (C=O) groups excluding carboxylic acids is 2. The number of hydrogen-bond acceptors (Lipinski definition) is 4. The fourth-order valence-electron chi connectivity index (χ4n) is 2.42. The van der Waals surface area contributed by atoms with Crippen LogP contribution < -0.4 is 9.80 Å². The summed E-state index contributed by atoms with van der Waals surface area (Å²) in [6.45, 7) is 6.71. The standard InChI is InChI=1S/C15H20N2O3/c1-5-17(9-15(2,3)20)10-6-7-11-12(8-10)16(4)14(19)13(11)18/h6-8,20H,5,9H2,1-4H3. The Kier molecular flexibility index (Phi) is 3.56. The number of benzene rings is 1. The first kappa shape index (κ1) is 14.5. The predicted molar refractivity (Wildman–Crippen MR) is 78.4 cm³/mol. The fourth-order valence-corrected chi connectivity index (χ4v) is 2.42. The second-order valence-electron chi connectivity index (χ2n) is 5.72. The van der Waals surface area contributed by atoms with Crippen LogP contribution >= 0.6 is 0 Å². The zero-order chi connectivity index (χ0) is 15.1. The van der Waals surface area contributed by atoms with Crippen LogP contribution in [0.15, 0.2) is 18.2 Å². The second-order valence-corrected chi connectivity index (χ2v) is 5.72. The van der Waals surface area contributed by atoms with Gasteiger partial charge in [0.1, 0.15) is 0 Å². The lowest BCUT2D eigenvalue weighted by Crippen LogP contribution is -2.38. The van der Waals surface area contributed by atoms with Crippen LogP contribution in [-0.4, -0.2) is 42.5 Å². The minimum Gasteiger partial charge on any atom is -0.389 e. The number of rotatable bonds is 4. The van der Waals surface area contributed by atoms with Crippen molar-refractivity contribution in [2.75, 3.05) is 29.9 Å². The van der Waals surface area contributed by atoms with Gasteiger partial charge in [0.25, 0.3) is 11.7 Å². The molecule has 1 aromatic carbocycles. The van der Waals surface area contributed by atoms with E-state index in [4.69, 9.17) is 0 Å². The van der Waals surface area contributed by atoms with Gasteiger partial charge in [-0.3, -0.25) is 9.59 Å². The minimum absolute atomic E-state index is 0.445. The molecule has 1 N–H and O–H groups in total. The molecule has 1 heterocycles. The van der Waals surface area contributed by atoms with Crippen molar-refractivity contribution in [3.8, 4) is 0 Å². The topological polar surface area (TPSA) is 60.9 Å². The van der Waals surface area contributed by atoms with Crippen molar-refractivity contribution < 1.29 is 14.7 Å². The third-order valence-electron chi connectivity index (χ3n) is 3.41. The molecule has 108 valence electrons. The van der Waals surface area contributed by atoms with E-state index in [0.717, 1.165) is 12.2 Å². The lowest BCUT2D eigenvalue weighted by molar-refractivity contribution is -0.114. The van der Waals surface area contributed by atoms with Crippen LogP contribution in [0.5, 0.6) is 0 Å². The zero-order valence-electron chi connectivity index (χ0n) is 12.3. The van der Waals surface area contributed by atoms with Crippen molar-refractivity contribution in [3.05, 3.63) is 23.8 Å². The van der Waals surface area contributed by atoms with E-state index in [2.05, 4.69) is 0 Å². The molecule has 0 radical (unpaired) electrons. The quantitative estimate of drug-likeness (QED) is 0.845. The Hall–Kier alpha value is -1.88. The maximum Gasteiger partial charge on any atom is 0.299 e.